The molecular weight excluding hydrogens is 208 g/mol. The maximum atomic E-state index is 10.5. The van der Waals surface area contributed by atoms with E-state index in [1.54, 1.807) is 6.20 Å². The molecule has 0 N–H and O–H groups in total. The average Bonchev–Trinajstić information content (AvgIpc) is 2.66. The predicted molar refractivity (Wildman–Crippen MR) is 60.2 cm³/mol. The van der Waals surface area contributed by atoms with Crippen LogP contribution in [0.4, 0.5) is 0 Å². The Morgan fingerprint density at radius 3 is 2.67 bits per heavy atom. The lowest BCUT2D eigenvalue weighted by atomic mass is 10.2. The molecular formula is C11H10N2OS. The Morgan fingerprint density at radius 1 is 1.27 bits per heavy atom. The summed E-state index contributed by atoms with van der Waals surface area (Å²) in [6.45, 7) is 4.00. The summed E-state index contributed by atoms with van der Waals surface area (Å²) in [6, 6.07) is 2.06. The van der Waals surface area contributed by atoms with Crippen LogP contribution < -0.4 is 0 Å². The van der Waals surface area contributed by atoms with Crippen molar-refractivity contribution < 1.29 is 4.79 Å². The maximum absolute atomic E-state index is 10.5. The minimum Gasteiger partial charge on any atom is -0.297 e. The summed E-state index contributed by atoms with van der Waals surface area (Å²) >= 11 is 1.36. The van der Waals surface area contributed by atoms with Gasteiger partial charge in [0.15, 0.2) is 6.29 Å². The SMILES string of the molecule is Cc1cnc(-c2ncc(C=O)s2)c(C)c1. The number of hydrogen-bond acceptors (Lipinski definition) is 4. The number of aldehydes is 1. The fourth-order valence-electron chi connectivity index (χ4n) is 1.39. The molecule has 0 fully saturated rings. The molecule has 0 bridgehead atoms. The second kappa shape index (κ2) is 3.90. The highest BCUT2D eigenvalue weighted by Gasteiger charge is 2.08. The van der Waals surface area contributed by atoms with Gasteiger partial charge >= 0.3 is 0 Å². The summed E-state index contributed by atoms with van der Waals surface area (Å²) in [5, 5.41) is 0.801. The van der Waals surface area contributed by atoms with Crippen LogP contribution in [0.2, 0.25) is 0 Å². The van der Waals surface area contributed by atoms with Crippen molar-refractivity contribution in [2.75, 3.05) is 0 Å². The highest BCUT2D eigenvalue weighted by Crippen LogP contribution is 2.25. The van der Waals surface area contributed by atoms with Gasteiger partial charge in [0.1, 0.15) is 10.7 Å². The van der Waals surface area contributed by atoms with Gasteiger partial charge in [-0.1, -0.05) is 6.07 Å². The normalized spacial score (nSPS) is 10.3. The molecule has 0 aliphatic carbocycles. The maximum Gasteiger partial charge on any atom is 0.161 e. The molecule has 2 aromatic rings. The van der Waals surface area contributed by atoms with Gasteiger partial charge in [0.2, 0.25) is 0 Å². The molecule has 76 valence electrons. The van der Waals surface area contributed by atoms with Gasteiger partial charge in [-0.05, 0) is 25.0 Å². The Morgan fingerprint density at radius 2 is 2.07 bits per heavy atom. The van der Waals surface area contributed by atoms with Gasteiger partial charge in [0, 0.05) is 12.4 Å². The van der Waals surface area contributed by atoms with Crippen LogP contribution in [0.5, 0.6) is 0 Å². The molecule has 0 spiro atoms. The largest absolute Gasteiger partial charge is 0.297 e. The van der Waals surface area contributed by atoms with E-state index in [1.165, 1.54) is 11.3 Å². The smallest absolute Gasteiger partial charge is 0.161 e. The van der Waals surface area contributed by atoms with Crippen LogP contribution in [0.1, 0.15) is 20.8 Å². The molecule has 0 saturated heterocycles. The van der Waals surface area contributed by atoms with E-state index >= 15 is 0 Å². The zero-order valence-corrected chi connectivity index (χ0v) is 9.34. The molecule has 15 heavy (non-hydrogen) atoms. The topological polar surface area (TPSA) is 42.9 Å². The molecule has 2 aromatic heterocycles. The second-order valence-electron chi connectivity index (χ2n) is 3.36. The zero-order valence-electron chi connectivity index (χ0n) is 8.52. The van der Waals surface area contributed by atoms with Crippen molar-refractivity contribution in [3.05, 3.63) is 34.5 Å². The predicted octanol–water partition coefficient (Wildman–Crippen LogP) is 2.63. The molecule has 2 heterocycles. The minimum absolute atomic E-state index is 0.631. The van der Waals surface area contributed by atoms with Crippen molar-refractivity contribution in [1.82, 2.24) is 9.97 Å². The van der Waals surface area contributed by atoms with Crippen LogP contribution in [-0.2, 0) is 0 Å². The second-order valence-corrected chi connectivity index (χ2v) is 4.43. The number of nitrogens with zero attached hydrogens (tertiary/aromatic N) is 2. The molecule has 0 atom stereocenters. The summed E-state index contributed by atoms with van der Waals surface area (Å²) in [6.07, 6.45) is 4.20. The molecule has 0 aromatic carbocycles. The molecule has 2 rings (SSSR count). The van der Waals surface area contributed by atoms with E-state index in [1.807, 2.05) is 20.0 Å². The number of carbonyl (C=O) groups is 1. The van der Waals surface area contributed by atoms with E-state index in [9.17, 15) is 4.79 Å². The van der Waals surface area contributed by atoms with Crippen LogP contribution in [0.3, 0.4) is 0 Å². The third-order valence-electron chi connectivity index (χ3n) is 2.06. The van der Waals surface area contributed by atoms with Gasteiger partial charge in [-0.15, -0.1) is 11.3 Å². The fraction of sp³-hybridized carbons (Fsp3) is 0.182. The first-order valence-electron chi connectivity index (χ1n) is 4.55. The van der Waals surface area contributed by atoms with Crippen molar-refractivity contribution >= 4 is 17.6 Å². The van der Waals surface area contributed by atoms with Gasteiger partial charge in [0.05, 0.1) is 4.88 Å². The molecule has 0 amide bonds. The number of aryl methyl sites for hydroxylation is 2. The van der Waals surface area contributed by atoms with Gasteiger partial charge in [-0.3, -0.25) is 9.78 Å². The van der Waals surface area contributed by atoms with Crippen LogP contribution in [0, 0.1) is 13.8 Å². The summed E-state index contributed by atoms with van der Waals surface area (Å²) in [5.41, 5.74) is 3.07. The summed E-state index contributed by atoms with van der Waals surface area (Å²) < 4.78 is 0. The van der Waals surface area contributed by atoms with Crippen molar-refractivity contribution in [3.63, 3.8) is 0 Å². The molecule has 0 unspecified atom stereocenters. The lowest BCUT2D eigenvalue weighted by molar-refractivity contribution is 0.112. The number of thiazole rings is 1. The quantitative estimate of drug-likeness (QED) is 0.728. The number of carbonyl (C=O) groups excluding carboxylic acids is 1. The van der Waals surface area contributed by atoms with Crippen molar-refractivity contribution in [1.29, 1.82) is 0 Å². The van der Waals surface area contributed by atoms with Gasteiger partial charge in [-0.25, -0.2) is 4.98 Å². The number of aromatic nitrogens is 2. The van der Waals surface area contributed by atoms with Crippen molar-refractivity contribution in [2.45, 2.75) is 13.8 Å². The molecule has 0 aliphatic rings. The van der Waals surface area contributed by atoms with Crippen LogP contribution in [0.15, 0.2) is 18.5 Å². The molecule has 4 heteroatoms. The highest BCUT2D eigenvalue weighted by molar-refractivity contribution is 7.16. The van der Waals surface area contributed by atoms with Gasteiger partial charge in [0.25, 0.3) is 0 Å². The summed E-state index contributed by atoms with van der Waals surface area (Å²) in [5.74, 6) is 0. The zero-order chi connectivity index (χ0) is 10.8. The molecule has 0 radical (unpaired) electrons. The highest BCUT2D eigenvalue weighted by atomic mass is 32.1. The standard InChI is InChI=1S/C11H10N2OS/c1-7-3-8(2)10(12-4-7)11-13-5-9(6-14)15-11/h3-6H,1-2H3. The van der Waals surface area contributed by atoms with E-state index < -0.39 is 0 Å². The summed E-state index contributed by atoms with van der Waals surface area (Å²) in [4.78, 5) is 19.7. The lowest BCUT2D eigenvalue weighted by Crippen LogP contribution is -1.88. The Labute approximate surface area is 91.8 Å². The van der Waals surface area contributed by atoms with E-state index in [0.717, 1.165) is 28.1 Å². The lowest BCUT2D eigenvalue weighted by Gasteiger charge is -2.01. The fourth-order valence-corrected chi connectivity index (χ4v) is 2.18. The Kier molecular flexibility index (Phi) is 2.60. The van der Waals surface area contributed by atoms with Gasteiger partial charge < -0.3 is 0 Å². The number of hydrogen-bond donors (Lipinski definition) is 0. The third-order valence-corrected chi connectivity index (χ3v) is 2.99. The molecule has 0 saturated carbocycles. The molecule has 3 nitrogen and oxygen atoms in total. The van der Waals surface area contributed by atoms with E-state index in [4.69, 9.17) is 0 Å². The minimum atomic E-state index is 0.631. The van der Waals surface area contributed by atoms with E-state index in [-0.39, 0.29) is 0 Å². The Balaban J connectivity index is 2.49. The average molecular weight is 218 g/mol. The first kappa shape index (κ1) is 9.98. The van der Waals surface area contributed by atoms with E-state index in [0.29, 0.717) is 4.88 Å². The monoisotopic (exact) mass is 218 g/mol. The Bertz CT molecular complexity index is 505. The molecule has 0 aliphatic heterocycles. The van der Waals surface area contributed by atoms with Gasteiger partial charge in [-0.2, -0.15) is 0 Å². The first-order chi connectivity index (χ1) is 7.20. The Hall–Kier alpha value is -1.55. The van der Waals surface area contributed by atoms with Crippen molar-refractivity contribution in [2.24, 2.45) is 0 Å². The van der Waals surface area contributed by atoms with Crippen LogP contribution >= 0.6 is 11.3 Å². The summed E-state index contributed by atoms with van der Waals surface area (Å²) in [7, 11) is 0. The third kappa shape index (κ3) is 1.94. The number of rotatable bonds is 2. The number of pyridine rings is 1. The van der Waals surface area contributed by atoms with Crippen molar-refractivity contribution in [3.8, 4) is 10.7 Å². The first-order valence-corrected chi connectivity index (χ1v) is 5.37. The van der Waals surface area contributed by atoms with Crippen LogP contribution in [0.25, 0.3) is 10.7 Å². The van der Waals surface area contributed by atoms with E-state index in [2.05, 4.69) is 16.0 Å². The van der Waals surface area contributed by atoms with Crippen LogP contribution in [-0.4, -0.2) is 16.3 Å².